The summed E-state index contributed by atoms with van der Waals surface area (Å²) < 4.78 is 19.4. The van der Waals surface area contributed by atoms with E-state index in [1.807, 2.05) is 24.3 Å². The molecule has 0 radical (unpaired) electrons. The van der Waals surface area contributed by atoms with E-state index in [9.17, 15) is 14.3 Å². The summed E-state index contributed by atoms with van der Waals surface area (Å²) in [5.74, 6) is -0.584. The van der Waals surface area contributed by atoms with Crippen molar-refractivity contribution in [1.29, 1.82) is 0 Å². The van der Waals surface area contributed by atoms with E-state index in [4.69, 9.17) is 4.74 Å². The summed E-state index contributed by atoms with van der Waals surface area (Å²) >= 11 is 0. The van der Waals surface area contributed by atoms with Crippen LogP contribution in [0.2, 0.25) is 0 Å². The van der Waals surface area contributed by atoms with Crippen LogP contribution < -0.4 is 9.64 Å². The van der Waals surface area contributed by atoms with Gasteiger partial charge >= 0.3 is 5.97 Å². The SMILES string of the molecule is O=C(O)[C@H]1CC12CC1(CC1)CN2c1ccc(Oc2ccccc2F)cc1. The third kappa shape index (κ3) is 2.37. The van der Waals surface area contributed by atoms with Crippen LogP contribution in [0, 0.1) is 17.2 Å². The Kier molecular flexibility index (Phi) is 3.15. The molecular weight excluding hydrogens is 333 g/mol. The van der Waals surface area contributed by atoms with Crippen LogP contribution in [0.3, 0.4) is 0 Å². The molecule has 0 bridgehead atoms. The average Bonchev–Trinajstić information content (AvgIpc) is 3.50. The van der Waals surface area contributed by atoms with Gasteiger partial charge in [-0.25, -0.2) is 4.39 Å². The van der Waals surface area contributed by atoms with Crippen molar-refractivity contribution >= 4 is 11.7 Å². The number of ether oxygens (including phenoxy) is 1. The monoisotopic (exact) mass is 353 g/mol. The molecule has 2 saturated carbocycles. The molecule has 2 aliphatic carbocycles. The Balaban J connectivity index is 1.39. The Hall–Kier alpha value is -2.56. The number of para-hydroxylation sites is 1. The Morgan fingerprint density at radius 2 is 1.88 bits per heavy atom. The summed E-state index contributed by atoms with van der Waals surface area (Å²) in [5.41, 5.74) is 1.14. The summed E-state index contributed by atoms with van der Waals surface area (Å²) in [6.07, 6.45) is 4.13. The van der Waals surface area contributed by atoms with Crippen molar-refractivity contribution in [2.75, 3.05) is 11.4 Å². The molecule has 1 heterocycles. The molecule has 134 valence electrons. The average molecular weight is 353 g/mol. The maximum Gasteiger partial charge on any atom is 0.308 e. The minimum Gasteiger partial charge on any atom is -0.481 e. The van der Waals surface area contributed by atoms with Gasteiger partial charge in [0.1, 0.15) is 5.75 Å². The Bertz CT molecular complexity index is 877. The first-order valence-electron chi connectivity index (χ1n) is 9.04. The van der Waals surface area contributed by atoms with Gasteiger partial charge in [0, 0.05) is 12.2 Å². The van der Waals surface area contributed by atoms with Crippen molar-refractivity contribution in [3.8, 4) is 11.5 Å². The number of carboxylic acids is 1. The molecule has 2 spiro atoms. The highest BCUT2D eigenvalue weighted by Crippen LogP contribution is 2.68. The third-order valence-corrected chi connectivity index (χ3v) is 6.23. The van der Waals surface area contributed by atoms with Crippen LogP contribution in [0.25, 0.3) is 0 Å². The number of aliphatic carboxylic acids is 1. The molecule has 5 rings (SSSR count). The van der Waals surface area contributed by atoms with Gasteiger partial charge in [0.2, 0.25) is 0 Å². The van der Waals surface area contributed by atoms with Gasteiger partial charge in [0.15, 0.2) is 11.6 Å². The number of hydrogen-bond acceptors (Lipinski definition) is 3. The van der Waals surface area contributed by atoms with E-state index in [1.54, 1.807) is 18.2 Å². The molecule has 2 aromatic carbocycles. The van der Waals surface area contributed by atoms with Crippen LogP contribution >= 0.6 is 0 Å². The Morgan fingerprint density at radius 1 is 1.15 bits per heavy atom. The van der Waals surface area contributed by atoms with E-state index in [2.05, 4.69) is 4.90 Å². The molecule has 1 aliphatic heterocycles. The lowest BCUT2D eigenvalue weighted by Gasteiger charge is -2.27. The molecule has 26 heavy (non-hydrogen) atoms. The van der Waals surface area contributed by atoms with Crippen LogP contribution in [-0.4, -0.2) is 23.2 Å². The first kappa shape index (κ1) is 15.7. The van der Waals surface area contributed by atoms with Gasteiger partial charge in [-0.05, 0) is 67.5 Å². The predicted octanol–water partition coefficient (Wildman–Crippen LogP) is 4.45. The van der Waals surface area contributed by atoms with E-state index in [0.717, 1.165) is 25.1 Å². The number of halogens is 1. The standard InChI is InChI=1S/C21H20FNO3/c22-17-3-1-2-4-18(17)26-15-7-5-14(6-8-15)23-13-20(9-10-20)12-21(23)11-16(21)19(24)25/h1-8,16H,9-13H2,(H,24,25)/t16-,21?/m1/s1. The minimum absolute atomic E-state index is 0.197. The summed E-state index contributed by atoms with van der Waals surface area (Å²) in [6.45, 7) is 0.935. The second kappa shape index (κ2) is 5.22. The van der Waals surface area contributed by atoms with Crippen LogP contribution in [0.5, 0.6) is 11.5 Å². The van der Waals surface area contributed by atoms with Crippen LogP contribution in [0.4, 0.5) is 10.1 Å². The van der Waals surface area contributed by atoms with E-state index >= 15 is 0 Å². The summed E-state index contributed by atoms with van der Waals surface area (Å²) in [7, 11) is 0. The molecule has 3 aliphatic rings. The molecule has 0 aromatic heterocycles. The lowest BCUT2D eigenvalue weighted by molar-refractivity contribution is -0.138. The minimum atomic E-state index is -0.688. The zero-order valence-corrected chi connectivity index (χ0v) is 14.3. The molecule has 2 atom stereocenters. The number of rotatable bonds is 4. The summed E-state index contributed by atoms with van der Waals surface area (Å²) in [6, 6.07) is 13.9. The van der Waals surface area contributed by atoms with Crippen molar-refractivity contribution in [2.45, 2.75) is 31.2 Å². The number of anilines is 1. The van der Waals surface area contributed by atoms with Crippen LogP contribution in [-0.2, 0) is 4.79 Å². The predicted molar refractivity (Wildman–Crippen MR) is 95.0 cm³/mol. The molecule has 2 aromatic rings. The molecule has 4 nitrogen and oxygen atoms in total. The van der Waals surface area contributed by atoms with Crippen LogP contribution in [0.15, 0.2) is 48.5 Å². The summed E-state index contributed by atoms with van der Waals surface area (Å²) in [5, 5.41) is 9.49. The van der Waals surface area contributed by atoms with Gasteiger partial charge in [-0.3, -0.25) is 4.79 Å². The van der Waals surface area contributed by atoms with E-state index in [0.29, 0.717) is 11.2 Å². The first-order valence-corrected chi connectivity index (χ1v) is 9.04. The first-order chi connectivity index (χ1) is 12.5. The lowest BCUT2D eigenvalue weighted by atomic mass is 10.0. The fourth-order valence-corrected chi connectivity index (χ4v) is 4.61. The number of carbonyl (C=O) groups is 1. The number of benzene rings is 2. The maximum atomic E-state index is 13.7. The van der Waals surface area contributed by atoms with Gasteiger partial charge in [-0.1, -0.05) is 12.1 Å². The molecule has 1 saturated heterocycles. The van der Waals surface area contributed by atoms with Crippen LogP contribution in [0.1, 0.15) is 25.7 Å². The zero-order chi connectivity index (χ0) is 17.9. The number of carboxylic acid groups (broad SMARTS) is 1. The zero-order valence-electron chi connectivity index (χ0n) is 14.3. The molecule has 5 heteroatoms. The smallest absolute Gasteiger partial charge is 0.308 e. The van der Waals surface area contributed by atoms with Crippen molar-refractivity contribution < 1.29 is 19.0 Å². The molecule has 0 amide bonds. The number of nitrogens with zero attached hydrogens (tertiary/aromatic N) is 1. The Labute approximate surface area is 151 Å². The maximum absolute atomic E-state index is 13.7. The van der Waals surface area contributed by atoms with E-state index in [-0.39, 0.29) is 17.2 Å². The highest BCUT2D eigenvalue weighted by Gasteiger charge is 2.71. The quantitative estimate of drug-likeness (QED) is 0.882. The fraction of sp³-hybridized carbons (Fsp3) is 0.381. The van der Waals surface area contributed by atoms with Crippen molar-refractivity contribution in [3.05, 3.63) is 54.3 Å². The second-order valence-corrected chi connectivity index (χ2v) is 7.99. The normalized spacial score (nSPS) is 27.7. The Morgan fingerprint density at radius 3 is 2.50 bits per heavy atom. The van der Waals surface area contributed by atoms with Crippen molar-refractivity contribution in [1.82, 2.24) is 0 Å². The van der Waals surface area contributed by atoms with Gasteiger partial charge in [0.25, 0.3) is 0 Å². The third-order valence-electron chi connectivity index (χ3n) is 6.23. The number of hydrogen-bond donors (Lipinski definition) is 1. The fourth-order valence-electron chi connectivity index (χ4n) is 4.61. The second-order valence-electron chi connectivity index (χ2n) is 7.99. The van der Waals surface area contributed by atoms with E-state index < -0.39 is 11.8 Å². The molecule has 1 unspecified atom stereocenters. The molecule has 1 N–H and O–H groups in total. The van der Waals surface area contributed by atoms with Gasteiger partial charge in [-0.2, -0.15) is 0 Å². The summed E-state index contributed by atoms with van der Waals surface area (Å²) in [4.78, 5) is 13.8. The van der Waals surface area contributed by atoms with Crippen molar-refractivity contribution in [2.24, 2.45) is 11.3 Å². The molecule has 3 fully saturated rings. The van der Waals surface area contributed by atoms with Gasteiger partial charge in [-0.15, -0.1) is 0 Å². The largest absolute Gasteiger partial charge is 0.481 e. The lowest BCUT2D eigenvalue weighted by Crippen LogP contribution is -2.34. The topological polar surface area (TPSA) is 49.8 Å². The molecular formula is C21H20FNO3. The van der Waals surface area contributed by atoms with E-state index in [1.165, 1.54) is 18.9 Å². The van der Waals surface area contributed by atoms with Gasteiger partial charge < -0.3 is 14.7 Å². The highest BCUT2D eigenvalue weighted by atomic mass is 19.1. The van der Waals surface area contributed by atoms with Crippen molar-refractivity contribution in [3.63, 3.8) is 0 Å². The van der Waals surface area contributed by atoms with Gasteiger partial charge in [0.05, 0.1) is 11.5 Å². The highest BCUT2D eigenvalue weighted by molar-refractivity contribution is 5.79.